The Hall–Kier alpha value is -5.52. The van der Waals surface area contributed by atoms with Crippen molar-refractivity contribution in [3.8, 4) is 0 Å². The van der Waals surface area contributed by atoms with Crippen LogP contribution in [0.2, 0.25) is 0 Å². The smallest absolute Gasteiger partial charge is 0.194 e. The molecule has 6 aromatic rings. The van der Waals surface area contributed by atoms with Crippen LogP contribution >= 0.6 is 0 Å². The van der Waals surface area contributed by atoms with Crippen molar-refractivity contribution >= 4 is 0 Å². The molecule has 0 spiro atoms. The van der Waals surface area contributed by atoms with Crippen LogP contribution in [0, 0.1) is 123 Å². The highest BCUT2D eigenvalue weighted by Gasteiger charge is 2.26. The molecule has 0 nitrogen and oxygen atoms in total. The number of hydrogen-bond donors (Lipinski definition) is 0. The molecule has 0 bridgehead atoms. The minimum Gasteiger partial charge on any atom is -0.207 e. The van der Waals surface area contributed by atoms with Gasteiger partial charge in [0.05, 0.1) is 0 Å². The third-order valence-electron chi connectivity index (χ3n) is 22.2. The molecule has 6 aromatic carbocycles. The minimum absolute atomic E-state index is 0.127. The highest BCUT2D eigenvalue weighted by Crippen LogP contribution is 2.40. The maximum Gasteiger partial charge on any atom is 0.194 e. The van der Waals surface area contributed by atoms with Crippen molar-refractivity contribution in [2.24, 2.45) is 53.3 Å². The molecule has 0 saturated heterocycles. The second-order valence-electron chi connectivity index (χ2n) is 30.1. The number of rotatable bonds is 12. The van der Waals surface area contributed by atoms with Crippen LogP contribution in [-0.2, 0) is 19.3 Å². The van der Waals surface area contributed by atoms with E-state index in [0.29, 0.717) is 41.2 Å². The van der Waals surface area contributed by atoms with Crippen LogP contribution in [0.3, 0.4) is 0 Å². The first-order valence-corrected chi connectivity index (χ1v) is 36.6. The van der Waals surface area contributed by atoms with Crippen LogP contribution in [0.25, 0.3) is 0 Å². The van der Waals surface area contributed by atoms with Gasteiger partial charge in [-0.15, -0.1) is 0 Å². The van der Waals surface area contributed by atoms with Crippen LogP contribution in [0.5, 0.6) is 0 Å². The quantitative estimate of drug-likeness (QED) is 0.0846. The van der Waals surface area contributed by atoms with Gasteiger partial charge in [0, 0.05) is 0 Å². The van der Waals surface area contributed by atoms with E-state index in [9.17, 15) is 52.7 Å². The minimum atomic E-state index is -1.37. The van der Waals surface area contributed by atoms with Crippen molar-refractivity contribution in [2.45, 2.75) is 252 Å². The molecule has 12 heteroatoms. The summed E-state index contributed by atoms with van der Waals surface area (Å²) in [5, 5.41) is 0. The van der Waals surface area contributed by atoms with Gasteiger partial charge in [0.25, 0.3) is 0 Å². The van der Waals surface area contributed by atoms with E-state index in [1.807, 2.05) is 24.3 Å². The molecule has 0 aliphatic heterocycles. The molecule has 6 aliphatic rings. The van der Waals surface area contributed by atoms with Crippen molar-refractivity contribution in [1.29, 1.82) is 0 Å². The maximum atomic E-state index is 13.1. The summed E-state index contributed by atoms with van der Waals surface area (Å²) in [4.78, 5) is 0. The van der Waals surface area contributed by atoms with Crippen molar-refractivity contribution in [3.63, 3.8) is 0 Å². The van der Waals surface area contributed by atoms with Gasteiger partial charge in [-0.3, -0.25) is 0 Å². The summed E-state index contributed by atoms with van der Waals surface area (Å²) < 4.78 is 155. The van der Waals surface area contributed by atoms with Gasteiger partial charge in [-0.25, -0.2) is 52.7 Å². The van der Waals surface area contributed by atoms with Gasteiger partial charge in [0.1, 0.15) is 11.6 Å². The summed E-state index contributed by atoms with van der Waals surface area (Å²) in [6.45, 7) is 13.7. The molecular formula is C84H108F12. The summed E-state index contributed by atoms with van der Waals surface area (Å²) in [7, 11) is 0. The summed E-state index contributed by atoms with van der Waals surface area (Å²) in [5.41, 5.74) is 5.63. The zero-order valence-electron chi connectivity index (χ0n) is 58.1. The maximum absolute atomic E-state index is 13.1. The average molecular weight is 1350 g/mol. The molecule has 0 N–H and O–H groups in total. The van der Waals surface area contributed by atoms with E-state index in [2.05, 4.69) is 41.5 Å². The Bertz CT molecular complexity index is 3140. The Morgan fingerprint density at radius 1 is 0.229 bits per heavy atom. The predicted molar refractivity (Wildman–Crippen MR) is 368 cm³/mol. The third kappa shape index (κ3) is 26.6. The van der Waals surface area contributed by atoms with Gasteiger partial charge in [-0.2, -0.15) is 0 Å². The van der Waals surface area contributed by atoms with Gasteiger partial charge in [0.2, 0.25) is 0 Å². The van der Waals surface area contributed by atoms with Gasteiger partial charge in [-0.05, 0) is 254 Å². The first kappa shape index (κ1) is 77.8. The van der Waals surface area contributed by atoms with E-state index in [1.165, 1.54) is 157 Å². The summed E-state index contributed by atoms with van der Waals surface area (Å²) in [6, 6.07) is 27.1. The van der Waals surface area contributed by atoms with Gasteiger partial charge < -0.3 is 0 Å². The van der Waals surface area contributed by atoms with Crippen LogP contribution in [0.15, 0.2) is 109 Å². The van der Waals surface area contributed by atoms with Crippen molar-refractivity contribution < 1.29 is 52.7 Å². The second-order valence-corrected chi connectivity index (χ2v) is 30.1. The fraction of sp³-hybridized carbons (Fsp3) is 0.571. The number of benzene rings is 6. The topological polar surface area (TPSA) is 0 Å². The Morgan fingerprint density at radius 3 is 0.865 bits per heavy atom. The van der Waals surface area contributed by atoms with Crippen LogP contribution in [0.4, 0.5) is 52.7 Å². The molecule has 0 heterocycles. The molecule has 0 radical (unpaired) electrons. The largest absolute Gasteiger partial charge is 0.207 e. The molecule has 6 fully saturated rings. The zero-order valence-corrected chi connectivity index (χ0v) is 58.1. The lowest BCUT2D eigenvalue weighted by Gasteiger charge is -2.26. The van der Waals surface area contributed by atoms with Gasteiger partial charge in [-0.1, -0.05) is 194 Å². The van der Waals surface area contributed by atoms with Crippen molar-refractivity contribution in [1.82, 2.24) is 0 Å². The predicted octanol–water partition coefficient (Wildman–Crippen LogP) is 26.9. The Balaban J connectivity index is 0.000000163. The molecule has 0 atom stereocenters. The first-order chi connectivity index (χ1) is 45.9. The lowest BCUT2D eigenvalue weighted by Crippen LogP contribution is -2.13. The lowest BCUT2D eigenvalue weighted by atomic mass is 9.79. The van der Waals surface area contributed by atoms with Gasteiger partial charge in [0.15, 0.2) is 58.2 Å². The number of aryl methyl sites for hydroxylation is 3. The Labute approximate surface area is 567 Å². The lowest BCUT2D eigenvalue weighted by molar-refractivity contribution is 0.277. The molecule has 6 saturated carbocycles. The van der Waals surface area contributed by atoms with Crippen molar-refractivity contribution in [3.05, 3.63) is 212 Å². The molecule has 0 amide bonds. The fourth-order valence-electron chi connectivity index (χ4n) is 15.2. The van der Waals surface area contributed by atoms with Crippen LogP contribution in [-0.4, -0.2) is 0 Å². The first-order valence-electron chi connectivity index (χ1n) is 36.6. The second kappa shape index (κ2) is 39.9. The normalized spacial score (nSPS) is 25.7. The molecule has 0 aromatic heterocycles. The fourth-order valence-corrected chi connectivity index (χ4v) is 15.2. The molecule has 6 aliphatic carbocycles. The van der Waals surface area contributed by atoms with E-state index in [4.69, 9.17) is 0 Å². The van der Waals surface area contributed by atoms with Crippen LogP contribution < -0.4 is 0 Å². The average Bonchev–Trinajstić information content (AvgIpc) is 0.878. The Kier molecular flexibility index (Phi) is 32.4. The number of hydrogen-bond acceptors (Lipinski definition) is 0. The van der Waals surface area contributed by atoms with Crippen LogP contribution in [0.1, 0.15) is 266 Å². The summed E-state index contributed by atoms with van der Waals surface area (Å²) >= 11 is 0. The Morgan fingerprint density at radius 2 is 0.490 bits per heavy atom. The van der Waals surface area contributed by atoms with Gasteiger partial charge >= 0.3 is 0 Å². The molecule has 96 heavy (non-hydrogen) atoms. The molecule has 12 rings (SSSR count). The monoisotopic (exact) mass is 1340 g/mol. The highest BCUT2D eigenvalue weighted by molar-refractivity contribution is 5.26. The van der Waals surface area contributed by atoms with E-state index >= 15 is 0 Å². The zero-order chi connectivity index (χ0) is 69.3. The van der Waals surface area contributed by atoms with E-state index in [1.54, 1.807) is 36.4 Å². The molecular weight excluding hydrogens is 1240 g/mol. The molecule has 0 unspecified atom stereocenters. The molecule has 528 valence electrons. The number of halogens is 12. The van der Waals surface area contributed by atoms with E-state index < -0.39 is 58.2 Å². The SMILES string of the molecule is CC1CCC(CCc2cc(F)c(F)c(F)c2)CC1.CC1CCC(CCc2ccc(F)c(F)c2)CC1.CC1CCC(CCc2ccc(F)cc2)CC1.CC1CCC(c2cc(F)c(F)c(F)c2)CC1.CC1CCC(c2ccc(F)c(F)c2)CC1.CC1CCC(c2ccc(F)cc2)CC1. The van der Waals surface area contributed by atoms with Crippen molar-refractivity contribution in [2.75, 3.05) is 0 Å². The highest BCUT2D eigenvalue weighted by atomic mass is 19.2. The summed E-state index contributed by atoms with van der Waals surface area (Å²) in [6.07, 6.45) is 35.5. The van der Waals surface area contributed by atoms with E-state index in [0.717, 1.165) is 141 Å². The summed E-state index contributed by atoms with van der Waals surface area (Å²) in [5.74, 6) is -1.67. The standard InChI is InChI=1S/C15H19F3.C15H20F2.C15H21F.C13H15F3.C13H16F2.C13H17F/c1-10-2-4-11(5-3-10)6-7-12-8-13(16)15(18)14(17)9-12;1-11-2-4-12(5-3-11)6-7-13-8-9-14(16)15(17)10-13;1-12-2-4-13(5-3-12)6-7-14-8-10-15(16)11-9-14;1-8-2-4-9(5-3-8)10-6-11(14)13(16)12(15)7-10;1-9-2-4-10(5-3-9)11-6-7-12(14)13(15)8-11;1-10-2-4-11(5-3-10)12-6-8-13(14)9-7-12/h8-11H,2-7H2,1H3;8-12H,2-7H2,1H3;8-13H,2-7H2,1H3;6-9H,2-5H2,1H3;6-10H,2-5H2,1H3;6-11H,2-5H2,1H3. The third-order valence-corrected chi connectivity index (χ3v) is 22.2. The van der Waals surface area contributed by atoms with E-state index in [-0.39, 0.29) is 17.6 Å².